The molecular formula is C25H21F4N5O4. The van der Waals surface area contributed by atoms with Crippen LogP contribution < -0.4 is 20.1 Å². The molecule has 0 bridgehead atoms. The summed E-state index contributed by atoms with van der Waals surface area (Å²) in [6, 6.07) is 7.90. The van der Waals surface area contributed by atoms with Gasteiger partial charge in [-0.05, 0) is 48.9 Å². The van der Waals surface area contributed by atoms with Crippen molar-refractivity contribution in [2.24, 2.45) is 0 Å². The Bertz CT molecular complexity index is 1540. The molecule has 3 N–H and O–H groups in total. The lowest BCUT2D eigenvalue weighted by molar-refractivity contribution is -0.274. The molecule has 0 spiro atoms. The van der Waals surface area contributed by atoms with Crippen LogP contribution in [-0.2, 0) is 0 Å². The lowest BCUT2D eigenvalue weighted by Crippen LogP contribution is -2.28. The second kappa shape index (κ2) is 10.4. The number of halogens is 4. The smallest absolute Gasteiger partial charge is 0.480 e. The number of aromatic nitrogens is 3. The number of alkyl halides is 3. The van der Waals surface area contributed by atoms with Crippen molar-refractivity contribution in [3.05, 3.63) is 71.3 Å². The molecule has 2 aromatic heterocycles. The quantitative estimate of drug-likeness (QED) is 0.301. The summed E-state index contributed by atoms with van der Waals surface area (Å²) in [4.78, 5) is 29.3. The van der Waals surface area contributed by atoms with Gasteiger partial charge in [-0.25, -0.2) is 9.37 Å². The van der Waals surface area contributed by atoms with Gasteiger partial charge in [0.05, 0.1) is 20.0 Å². The fraction of sp³-hybridized carbons (Fsp3) is 0.200. The summed E-state index contributed by atoms with van der Waals surface area (Å²) in [6.45, 7) is 1.38. The van der Waals surface area contributed by atoms with Crippen LogP contribution in [0.3, 0.4) is 0 Å². The molecule has 2 heterocycles. The number of methoxy groups -OCH3 is 1. The lowest BCUT2D eigenvalue weighted by atomic mass is 10.0. The zero-order chi connectivity index (χ0) is 28.3. The Labute approximate surface area is 214 Å². The fourth-order valence-electron chi connectivity index (χ4n) is 3.78. The molecule has 1 atom stereocenters. The number of ether oxygens (including phenoxy) is 2. The number of hydrogen-bond acceptors (Lipinski definition) is 6. The van der Waals surface area contributed by atoms with E-state index in [9.17, 15) is 27.2 Å². The van der Waals surface area contributed by atoms with Crippen LogP contribution in [0.5, 0.6) is 11.6 Å². The first-order valence-corrected chi connectivity index (χ1v) is 11.0. The number of benzene rings is 2. The van der Waals surface area contributed by atoms with E-state index in [1.807, 2.05) is 0 Å². The number of amides is 2. The Kier molecular flexibility index (Phi) is 6.81. The first-order chi connectivity index (χ1) is 18.5. The van der Waals surface area contributed by atoms with Crippen molar-refractivity contribution in [1.82, 2.24) is 25.8 Å². The van der Waals surface area contributed by atoms with Crippen molar-refractivity contribution in [2.45, 2.75) is 19.3 Å². The third-order valence-electron chi connectivity index (χ3n) is 5.59. The second-order valence-corrected chi connectivity index (χ2v) is 8.06. The van der Waals surface area contributed by atoms with Crippen molar-refractivity contribution < 1.29 is 38.0 Å². The molecule has 0 aliphatic carbocycles. The maximum atomic E-state index is 14.4. The summed E-state index contributed by atoms with van der Waals surface area (Å²) < 4.78 is 68.5. The second-order valence-electron chi connectivity index (χ2n) is 8.06. The van der Waals surface area contributed by atoms with Crippen molar-refractivity contribution >= 4 is 22.7 Å². The number of rotatable bonds is 7. The molecule has 2 aromatic carbocycles. The van der Waals surface area contributed by atoms with E-state index < -0.39 is 37.0 Å². The summed E-state index contributed by atoms with van der Waals surface area (Å²) in [7, 11) is 0.939. The molecule has 9 nitrogen and oxygen atoms in total. The first kappa shape index (κ1) is 25.0. The predicted molar refractivity (Wildman–Crippen MR) is 128 cm³/mol. The summed E-state index contributed by atoms with van der Waals surface area (Å²) in [5, 5.41) is 12.4. The highest BCUT2D eigenvalue weighted by molar-refractivity contribution is 6.05. The largest absolute Gasteiger partial charge is 0.573 e. The van der Waals surface area contributed by atoms with Crippen molar-refractivity contribution in [3.8, 4) is 22.8 Å². The lowest BCUT2D eigenvalue weighted by Gasteiger charge is -2.18. The van der Waals surface area contributed by atoms with Gasteiger partial charge < -0.3 is 20.1 Å². The van der Waals surface area contributed by atoms with Crippen molar-refractivity contribution in [2.75, 3.05) is 14.1 Å². The van der Waals surface area contributed by atoms with E-state index in [0.29, 0.717) is 22.0 Å². The summed E-state index contributed by atoms with van der Waals surface area (Å²) in [5.74, 6) is -2.80. The SMILES string of the molecule is [2H]COc1ncc(-c2ccc3c(C(=O)NC)n[nH]c3c2)cc1C(=O)N[C@H](C)c1cc(OC(F)(F)F)ccc1F. The average molecular weight is 532 g/mol. The van der Waals surface area contributed by atoms with Gasteiger partial charge in [0.15, 0.2) is 5.69 Å². The molecule has 0 unspecified atom stereocenters. The van der Waals surface area contributed by atoms with Crippen LogP contribution in [0.1, 0.15) is 40.7 Å². The van der Waals surface area contributed by atoms with E-state index in [4.69, 9.17) is 6.11 Å². The number of fused-ring (bicyclic) bond motifs is 1. The van der Waals surface area contributed by atoms with Gasteiger partial charge in [0.25, 0.3) is 11.8 Å². The number of carbonyl (C=O) groups excluding carboxylic acids is 2. The molecule has 0 aliphatic rings. The molecule has 13 heteroatoms. The van der Waals surface area contributed by atoms with E-state index >= 15 is 0 Å². The number of aromatic amines is 1. The number of nitrogens with one attached hydrogen (secondary N) is 3. The van der Waals surface area contributed by atoms with E-state index in [1.54, 1.807) is 18.2 Å². The Morgan fingerprint density at radius 3 is 2.61 bits per heavy atom. The van der Waals surface area contributed by atoms with Gasteiger partial charge in [-0.1, -0.05) is 6.07 Å². The van der Waals surface area contributed by atoms with Gasteiger partial charge in [0, 0.05) is 29.8 Å². The monoisotopic (exact) mass is 532 g/mol. The molecule has 0 saturated carbocycles. The van der Waals surface area contributed by atoms with Gasteiger partial charge >= 0.3 is 6.36 Å². The minimum absolute atomic E-state index is 0.0922. The summed E-state index contributed by atoms with van der Waals surface area (Å²) in [5.41, 5.74) is 1.50. The van der Waals surface area contributed by atoms with Crippen molar-refractivity contribution in [3.63, 3.8) is 0 Å². The van der Waals surface area contributed by atoms with Crippen LogP contribution in [0.2, 0.25) is 0 Å². The van der Waals surface area contributed by atoms with Gasteiger partial charge in [-0.15, -0.1) is 13.2 Å². The zero-order valence-corrected chi connectivity index (χ0v) is 19.9. The Morgan fingerprint density at radius 2 is 1.89 bits per heavy atom. The minimum Gasteiger partial charge on any atom is -0.480 e. The van der Waals surface area contributed by atoms with Gasteiger partial charge in [-0.2, -0.15) is 5.10 Å². The molecule has 2 amide bonds. The third-order valence-corrected chi connectivity index (χ3v) is 5.59. The van der Waals surface area contributed by atoms with E-state index in [1.165, 1.54) is 26.2 Å². The van der Waals surface area contributed by atoms with Crippen LogP contribution >= 0.6 is 0 Å². The van der Waals surface area contributed by atoms with Crippen LogP contribution in [-0.4, -0.2) is 47.5 Å². The number of hydrogen-bond donors (Lipinski definition) is 3. The number of H-pyrrole nitrogens is 1. The fourth-order valence-corrected chi connectivity index (χ4v) is 3.78. The van der Waals surface area contributed by atoms with E-state index in [2.05, 4.69) is 30.6 Å². The molecule has 198 valence electrons. The van der Waals surface area contributed by atoms with Crippen LogP contribution in [0.25, 0.3) is 22.0 Å². The number of nitrogens with zero attached hydrogens (tertiary/aromatic N) is 2. The Balaban J connectivity index is 1.64. The molecule has 0 aliphatic heterocycles. The average Bonchev–Trinajstić information content (AvgIpc) is 3.32. The van der Waals surface area contributed by atoms with Crippen molar-refractivity contribution in [1.29, 1.82) is 0 Å². The van der Waals surface area contributed by atoms with E-state index in [0.717, 1.165) is 18.2 Å². The topological polar surface area (TPSA) is 118 Å². The van der Waals surface area contributed by atoms with Crippen LogP contribution in [0, 0.1) is 5.82 Å². The molecule has 0 radical (unpaired) electrons. The highest BCUT2D eigenvalue weighted by Gasteiger charge is 2.31. The highest BCUT2D eigenvalue weighted by atomic mass is 19.4. The molecular weight excluding hydrogens is 510 g/mol. The van der Waals surface area contributed by atoms with Gasteiger partial charge in [-0.3, -0.25) is 14.7 Å². The summed E-state index contributed by atoms with van der Waals surface area (Å²) >= 11 is 0. The molecule has 0 fully saturated rings. The number of pyridine rings is 1. The molecule has 4 rings (SSSR count). The van der Waals surface area contributed by atoms with Gasteiger partial charge in [0.2, 0.25) is 5.88 Å². The molecule has 0 saturated heterocycles. The summed E-state index contributed by atoms with van der Waals surface area (Å²) in [6.07, 6.45) is -3.56. The molecule has 4 aromatic rings. The van der Waals surface area contributed by atoms with Crippen LogP contribution in [0.15, 0.2) is 48.7 Å². The third kappa shape index (κ3) is 5.51. The van der Waals surface area contributed by atoms with Gasteiger partial charge in [0.1, 0.15) is 17.1 Å². The standard InChI is InChI=1S/C25H21F4N5O4/c1-12(17-10-15(5-7-19(17)26)38-25(27,28)29)32-22(35)18-8-14(11-31-24(18)37-3)13-4-6-16-20(9-13)33-34-21(16)23(36)30-2/h4-12H,1-3H3,(H,30,36)(H,32,35)(H,33,34)/t12-/m1/s1/i3D. The first-order valence-electron chi connectivity index (χ1n) is 11.7. The van der Waals surface area contributed by atoms with E-state index in [-0.39, 0.29) is 28.6 Å². The highest BCUT2D eigenvalue weighted by Crippen LogP contribution is 2.30. The molecule has 38 heavy (non-hydrogen) atoms. The maximum Gasteiger partial charge on any atom is 0.573 e. The zero-order valence-electron chi connectivity index (χ0n) is 20.9. The normalized spacial score (nSPS) is 12.5. The maximum absolute atomic E-state index is 14.4. The minimum atomic E-state index is -4.97. The van der Waals surface area contributed by atoms with Crippen LogP contribution in [0.4, 0.5) is 17.6 Å². The number of carbonyl (C=O) groups is 2. The Morgan fingerprint density at radius 1 is 1.11 bits per heavy atom. The Hall–Kier alpha value is -4.68. The predicted octanol–water partition coefficient (Wildman–Crippen LogP) is 4.52.